The van der Waals surface area contributed by atoms with Crippen molar-refractivity contribution in [3.63, 3.8) is 0 Å². The Morgan fingerprint density at radius 1 is 1.36 bits per heavy atom. The number of hydrogen-bond acceptors (Lipinski definition) is 5. The zero-order chi connectivity index (χ0) is 17.8. The highest BCUT2D eigenvalue weighted by Crippen LogP contribution is 2.46. The molecular weight excluding hydrogens is 320 g/mol. The van der Waals surface area contributed by atoms with Gasteiger partial charge in [-0.25, -0.2) is 4.79 Å². The second kappa shape index (κ2) is 7.87. The van der Waals surface area contributed by atoms with E-state index in [0.29, 0.717) is 18.4 Å². The van der Waals surface area contributed by atoms with Crippen LogP contribution < -0.4 is 5.32 Å². The maximum atomic E-state index is 12.5. The lowest BCUT2D eigenvalue weighted by molar-refractivity contribution is -0.109. The topological polar surface area (TPSA) is 78.9 Å². The Hall–Kier alpha value is -2.08. The molecule has 0 aliphatic heterocycles. The van der Waals surface area contributed by atoms with Crippen LogP contribution in [0.4, 0.5) is 4.79 Å². The Morgan fingerprint density at radius 2 is 2.12 bits per heavy atom. The molecule has 2 aliphatic carbocycles. The van der Waals surface area contributed by atoms with Crippen molar-refractivity contribution in [2.45, 2.75) is 51.4 Å². The molecule has 4 atom stereocenters. The van der Waals surface area contributed by atoms with Crippen molar-refractivity contribution in [2.75, 3.05) is 6.54 Å². The van der Waals surface area contributed by atoms with Gasteiger partial charge in [0.1, 0.15) is 12.0 Å². The molecule has 0 spiro atoms. The number of amides is 1. The van der Waals surface area contributed by atoms with Crippen LogP contribution in [0.25, 0.3) is 0 Å². The van der Waals surface area contributed by atoms with Crippen LogP contribution in [-0.4, -0.2) is 41.2 Å². The Morgan fingerprint density at radius 3 is 2.72 bits per heavy atom. The van der Waals surface area contributed by atoms with E-state index in [1.54, 1.807) is 24.0 Å². The smallest absolute Gasteiger partial charge is 0.411 e. The van der Waals surface area contributed by atoms with Crippen LogP contribution >= 0.6 is 0 Å². The van der Waals surface area contributed by atoms with Gasteiger partial charge < -0.3 is 14.6 Å². The minimum atomic E-state index is -0.464. The van der Waals surface area contributed by atoms with Gasteiger partial charge in [0.25, 0.3) is 0 Å². The van der Waals surface area contributed by atoms with Crippen LogP contribution in [0.5, 0.6) is 5.75 Å². The molecule has 4 unspecified atom stereocenters. The summed E-state index contributed by atoms with van der Waals surface area (Å²) in [4.78, 5) is 25.2. The third kappa shape index (κ3) is 4.31. The maximum Gasteiger partial charge on any atom is 0.411 e. The third-order valence-electron chi connectivity index (χ3n) is 5.41. The standard InChI is InChI=1S/C19H26N2O4/c1-13(20-12-14-3-6-17(23)7-4-14)25-19(24)21(8-9-22)18-11-15-2-5-16(18)10-15/h3-4,6-7,9,13,15-16,18,20,23H,2,5,8,10-12H2,1H3. The summed E-state index contributed by atoms with van der Waals surface area (Å²) in [6, 6.07) is 7.00. The van der Waals surface area contributed by atoms with E-state index in [4.69, 9.17) is 4.74 Å². The molecule has 6 heteroatoms. The fraction of sp³-hybridized carbons (Fsp3) is 0.579. The quantitative estimate of drug-likeness (QED) is 0.586. The molecule has 136 valence electrons. The molecule has 2 saturated carbocycles. The van der Waals surface area contributed by atoms with Crippen LogP contribution in [0.2, 0.25) is 0 Å². The summed E-state index contributed by atoms with van der Waals surface area (Å²) in [6.07, 6.45) is 4.44. The SMILES string of the molecule is CC(NCc1ccc(O)cc1)OC(=O)N(CC=O)C1CC2CCC1C2. The van der Waals surface area contributed by atoms with Crippen LogP contribution in [0, 0.1) is 11.8 Å². The first-order chi connectivity index (χ1) is 12.1. The summed E-state index contributed by atoms with van der Waals surface area (Å²) in [6.45, 7) is 2.39. The van der Waals surface area contributed by atoms with Crippen molar-refractivity contribution >= 4 is 12.4 Å². The third-order valence-corrected chi connectivity index (χ3v) is 5.41. The fourth-order valence-corrected chi connectivity index (χ4v) is 4.15. The zero-order valence-corrected chi connectivity index (χ0v) is 14.6. The number of aldehydes is 1. The summed E-state index contributed by atoms with van der Waals surface area (Å²) < 4.78 is 5.50. The molecule has 2 bridgehead atoms. The Kier molecular flexibility index (Phi) is 5.58. The van der Waals surface area contributed by atoms with Crippen molar-refractivity contribution in [1.82, 2.24) is 10.2 Å². The minimum absolute atomic E-state index is 0.0946. The lowest BCUT2D eigenvalue weighted by Crippen LogP contribution is -2.46. The molecule has 2 aliphatic rings. The maximum absolute atomic E-state index is 12.5. The van der Waals surface area contributed by atoms with Gasteiger partial charge in [-0.2, -0.15) is 0 Å². The molecule has 0 radical (unpaired) electrons. The van der Waals surface area contributed by atoms with E-state index >= 15 is 0 Å². The molecule has 0 saturated heterocycles. The largest absolute Gasteiger partial charge is 0.508 e. The molecule has 2 fully saturated rings. The summed E-state index contributed by atoms with van der Waals surface area (Å²) in [7, 11) is 0. The molecule has 6 nitrogen and oxygen atoms in total. The van der Waals surface area contributed by atoms with Gasteiger partial charge in [0.15, 0.2) is 6.23 Å². The predicted molar refractivity (Wildman–Crippen MR) is 92.9 cm³/mol. The van der Waals surface area contributed by atoms with Gasteiger partial charge >= 0.3 is 6.09 Å². The summed E-state index contributed by atoms with van der Waals surface area (Å²) in [5.41, 5.74) is 0.985. The summed E-state index contributed by atoms with van der Waals surface area (Å²) >= 11 is 0. The molecule has 1 aromatic carbocycles. The number of aromatic hydroxyl groups is 1. The number of carbonyl (C=O) groups is 2. The Bertz CT molecular complexity index is 604. The van der Waals surface area contributed by atoms with Gasteiger partial charge in [0.2, 0.25) is 0 Å². The van der Waals surface area contributed by atoms with E-state index in [1.165, 1.54) is 12.8 Å². The molecule has 3 rings (SSSR count). The van der Waals surface area contributed by atoms with E-state index in [0.717, 1.165) is 24.7 Å². The molecule has 0 aromatic heterocycles. The van der Waals surface area contributed by atoms with Crippen LogP contribution in [-0.2, 0) is 16.1 Å². The lowest BCUT2D eigenvalue weighted by atomic mass is 9.94. The summed E-state index contributed by atoms with van der Waals surface area (Å²) in [5, 5.41) is 12.4. The van der Waals surface area contributed by atoms with Gasteiger partial charge in [-0.3, -0.25) is 10.2 Å². The highest BCUT2D eigenvalue weighted by Gasteiger charge is 2.44. The van der Waals surface area contributed by atoms with Crippen molar-refractivity contribution in [2.24, 2.45) is 11.8 Å². The fourth-order valence-electron chi connectivity index (χ4n) is 4.15. The number of benzene rings is 1. The highest BCUT2D eigenvalue weighted by atomic mass is 16.6. The molecule has 2 N–H and O–H groups in total. The number of ether oxygens (including phenoxy) is 1. The van der Waals surface area contributed by atoms with Gasteiger partial charge in [-0.1, -0.05) is 18.6 Å². The van der Waals surface area contributed by atoms with Gasteiger partial charge in [-0.05, 0) is 55.7 Å². The van der Waals surface area contributed by atoms with E-state index in [1.807, 2.05) is 12.1 Å². The number of phenols is 1. The zero-order valence-electron chi connectivity index (χ0n) is 14.6. The first-order valence-corrected chi connectivity index (χ1v) is 8.99. The predicted octanol–water partition coefficient (Wildman–Crippen LogP) is 2.65. The average molecular weight is 346 g/mol. The first kappa shape index (κ1) is 17.7. The van der Waals surface area contributed by atoms with Gasteiger partial charge in [0, 0.05) is 12.6 Å². The first-order valence-electron chi connectivity index (χ1n) is 8.99. The van der Waals surface area contributed by atoms with Gasteiger partial charge in [0.05, 0.1) is 6.54 Å². The number of nitrogens with zero attached hydrogens (tertiary/aromatic N) is 1. The van der Waals surface area contributed by atoms with Crippen molar-refractivity contribution in [3.8, 4) is 5.75 Å². The molecule has 1 amide bonds. The number of fused-ring (bicyclic) bond motifs is 2. The average Bonchev–Trinajstić information content (AvgIpc) is 3.22. The number of rotatable bonds is 7. The van der Waals surface area contributed by atoms with Crippen molar-refractivity contribution in [1.29, 1.82) is 0 Å². The summed E-state index contributed by atoms with van der Waals surface area (Å²) in [5.74, 6) is 1.43. The van der Waals surface area contributed by atoms with Gasteiger partial charge in [-0.15, -0.1) is 0 Å². The normalized spacial score (nSPS) is 25.6. The van der Waals surface area contributed by atoms with E-state index in [2.05, 4.69) is 5.32 Å². The van der Waals surface area contributed by atoms with E-state index in [9.17, 15) is 14.7 Å². The lowest BCUT2D eigenvalue weighted by Gasteiger charge is -2.33. The molecule has 0 heterocycles. The monoisotopic (exact) mass is 346 g/mol. The molecule has 1 aromatic rings. The Balaban J connectivity index is 1.51. The van der Waals surface area contributed by atoms with E-state index in [-0.39, 0.29) is 18.3 Å². The minimum Gasteiger partial charge on any atom is -0.508 e. The number of phenolic OH excluding ortho intramolecular Hbond substituents is 1. The number of hydrogen-bond donors (Lipinski definition) is 2. The van der Waals surface area contributed by atoms with Crippen LogP contribution in [0.15, 0.2) is 24.3 Å². The van der Waals surface area contributed by atoms with E-state index < -0.39 is 12.3 Å². The molecular formula is C19H26N2O4. The van der Waals surface area contributed by atoms with Crippen LogP contribution in [0.1, 0.15) is 38.2 Å². The second-order valence-corrected chi connectivity index (χ2v) is 7.13. The molecule has 25 heavy (non-hydrogen) atoms. The highest BCUT2D eigenvalue weighted by molar-refractivity contribution is 5.72. The number of carbonyl (C=O) groups excluding carboxylic acids is 2. The second-order valence-electron chi connectivity index (χ2n) is 7.13. The van der Waals surface area contributed by atoms with Crippen molar-refractivity contribution < 1.29 is 19.4 Å². The van der Waals surface area contributed by atoms with Crippen molar-refractivity contribution in [3.05, 3.63) is 29.8 Å². The van der Waals surface area contributed by atoms with Crippen LogP contribution in [0.3, 0.4) is 0 Å². The Labute approximate surface area is 148 Å². The number of nitrogens with one attached hydrogen (secondary N) is 1.